The number of anilines is 2. The highest BCUT2D eigenvalue weighted by molar-refractivity contribution is 5.97. The number of carbonyl (C=O) groups is 1. The van der Waals surface area contributed by atoms with E-state index in [1.54, 1.807) is 0 Å². The minimum atomic E-state index is 0.0627. The van der Waals surface area contributed by atoms with Crippen molar-refractivity contribution >= 4 is 28.6 Å². The number of amides is 1. The maximum Gasteiger partial charge on any atom is 0.228 e. The van der Waals surface area contributed by atoms with Crippen LogP contribution in [0.3, 0.4) is 0 Å². The lowest BCUT2D eigenvalue weighted by molar-refractivity contribution is -0.121. The Morgan fingerprint density at radius 3 is 2.56 bits per heavy atom. The number of hydrogen-bond acceptors (Lipinski definition) is 6. The molecule has 2 fully saturated rings. The third-order valence-corrected chi connectivity index (χ3v) is 6.76. The third-order valence-electron chi connectivity index (χ3n) is 6.76. The van der Waals surface area contributed by atoms with E-state index in [1.165, 1.54) is 0 Å². The predicted molar refractivity (Wildman–Crippen MR) is 128 cm³/mol. The molecule has 0 bridgehead atoms. The third kappa shape index (κ3) is 4.33. The molecule has 0 aromatic carbocycles. The number of pyridine rings is 2. The van der Waals surface area contributed by atoms with Crippen molar-refractivity contribution in [1.29, 1.82) is 0 Å². The average molecular weight is 434 g/mol. The number of hydrogen-bond donors (Lipinski definition) is 2. The number of aromatic nitrogens is 3. The van der Waals surface area contributed by atoms with Crippen molar-refractivity contribution in [2.24, 2.45) is 5.92 Å². The lowest BCUT2D eigenvalue weighted by atomic mass is 9.96. The second-order valence-electron chi connectivity index (χ2n) is 9.05. The first kappa shape index (κ1) is 20.9. The van der Waals surface area contributed by atoms with Crippen molar-refractivity contribution in [3.63, 3.8) is 0 Å². The highest BCUT2D eigenvalue weighted by atomic mass is 16.1. The quantitative estimate of drug-likeness (QED) is 0.659. The summed E-state index contributed by atoms with van der Waals surface area (Å²) in [6.45, 7) is 6.01. The number of fused-ring (bicyclic) bond motifs is 1. The maximum absolute atomic E-state index is 12.7. The van der Waals surface area contributed by atoms with E-state index in [2.05, 4.69) is 55.1 Å². The van der Waals surface area contributed by atoms with Gasteiger partial charge in [0.25, 0.3) is 0 Å². The topological polar surface area (TPSA) is 80.4 Å². The van der Waals surface area contributed by atoms with Crippen molar-refractivity contribution in [3.8, 4) is 11.1 Å². The van der Waals surface area contributed by atoms with E-state index in [4.69, 9.17) is 0 Å². The molecule has 0 atom stereocenters. The number of piperazine rings is 1. The summed E-state index contributed by atoms with van der Waals surface area (Å²) in [5, 5.41) is 4.05. The van der Waals surface area contributed by atoms with Gasteiger partial charge in [0.2, 0.25) is 5.91 Å². The summed E-state index contributed by atoms with van der Waals surface area (Å²) in [6.07, 6.45) is 5.67. The Hall–Kier alpha value is -2.97. The van der Waals surface area contributed by atoms with E-state index >= 15 is 0 Å². The monoisotopic (exact) mass is 433 g/mol. The number of rotatable bonds is 4. The van der Waals surface area contributed by atoms with Crippen molar-refractivity contribution in [2.75, 3.05) is 63.6 Å². The zero-order chi connectivity index (χ0) is 22.1. The summed E-state index contributed by atoms with van der Waals surface area (Å²) in [5.74, 6) is 1.75. The van der Waals surface area contributed by atoms with Crippen LogP contribution in [0.1, 0.15) is 12.8 Å². The fourth-order valence-electron chi connectivity index (χ4n) is 4.61. The van der Waals surface area contributed by atoms with Crippen molar-refractivity contribution in [3.05, 3.63) is 36.7 Å². The van der Waals surface area contributed by atoms with Crippen LogP contribution in [0.5, 0.6) is 0 Å². The van der Waals surface area contributed by atoms with Gasteiger partial charge in [-0.15, -0.1) is 0 Å². The maximum atomic E-state index is 12.7. The van der Waals surface area contributed by atoms with E-state index in [9.17, 15) is 4.79 Å². The molecule has 2 N–H and O–H groups in total. The van der Waals surface area contributed by atoms with Gasteiger partial charge < -0.3 is 25.0 Å². The first-order valence-corrected chi connectivity index (χ1v) is 11.4. The molecule has 5 rings (SSSR count). The van der Waals surface area contributed by atoms with Crippen LogP contribution in [0.4, 0.5) is 11.6 Å². The van der Waals surface area contributed by atoms with Crippen molar-refractivity contribution < 1.29 is 4.79 Å². The molecule has 168 valence electrons. The summed E-state index contributed by atoms with van der Waals surface area (Å²) in [7, 11) is 4.26. The Morgan fingerprint density at radius 2 is 1.78 bits per heavy atom. The van der Waals surface area contributed by atoms with Crippen LogP contribution >= 0.6 is 0 Å². The fourth-order valence-corrected chi connectivity index (χ4v) is 4.61. The van der Waals surface area contributed by atoms with Gasteiger partial charge in [-0.2, -0.15) is 0 Å². The molecule has 3 aromatic heterocycles. The SMILES string of the molecule is CN1CCC(C(=O)Nc2ccc3c(-c4ccnc(N5CCN(C)CC5)c4)c[nH]c3n2)CC1. The number of carbonyl (C=O) groups excluding carboxylic acids is 1. The molecule has 0 spiro atoms. The highest BCUT2D eigenvalue weighted by Crippen LogP contribution is 2.30. The molecule has 0 radical (unpaired) electrons. The lowest BCUT2D eigenvalue weighted by Crippen LogP contribution is -2.44. The van der Waals surface area contributed by atoms with Crippen LogP contribution in [0.2, 0.25) is 0 Å². The Balaban J connectivity index is 1.33. The molecule has 0 saturated carbocycles. The van der Waals surface area contributed by atoms with E-state index in [0.29, 0.717) is 5.82 Å². The normalized spacial score (nSPS) is 18.9. The molecule has 2 aliphatic rings. The number of nitrogens with one attached hydrogen (secondary N) is 2. The van der Waals surface area contributed by atoms with Gasteiger partial charge in [0.05, 0.1) is 0 Å². The van der Waals surface area contributed by atoms with Gasteiger partial charge >= 0.3 is 0 Å². The Labute approximate surface area is 188 Å². The average Bonchev–Trinajstić information content (AvgIpc) is 3.23. The smallest absolute Gasteiger partial charge is 0.228 e. The molecule has 8 heteroatoms. The van der Waals surface area contributed by atoms with Gasteiger partial charge in [-0.1, -0.05) is 0 Å². The van der Waals surface area contributed by atoms with Gasteiger partial charge in [-0.3, -0.25) is 4.79 Å². The van der Waals surface area contributed by atoms with Crippen LogP contribution in [-0.4, -0.2) is 84.0 Å². The second-order valence-corrected chi connectivity index (χ2v) is 9.05. The molecule has 3 aromatic rings. The highest BCUT2D eigenvalue weighted by Gasteiger charge is 2.24. The number of aromatic amines is 1. The number of piperidine rings is 1. The summed E-state index contributed by atoms with van der Waals surface area (Å²) in [5.41, 5.74) is 2.99. The van der Waals surface area contributed by atoms with Crippen LogP contribution in [0.25, 0.3) is 22.2 Å². The van der Waals surface area contributed by atoms with Crippen molar-refractivity contribution in [2.45, 2.75) is 12.8 Å². The second kappa shape index (κ2) is 8.88. The summed E-state index contributed by atoms with van der Waals surface area (Å²) < 4.78 is 0. The first-order chi connectivity index (χ1) is 15.6. The zero-order valence-electron chi connectivity index (χ0n) is 18.8. The van der Waals surface area contributed by atoms with Crippen LogP contribution in [0.15, 0.2) is 36.7 Å². The predicted octanol–water partition coefficient (Wildman–Crippen LogP) is 2.66. The lowest BCUT2D eigenvalue weighted by Gasteiger charge is -2.33. The summed E-state index contributed by atoms with van der Waals surface area (Å²) in [6, 6.07) is 8.13. The Kier molecular flexibility index (Phi) is 5.80. The van der Waals surface area contributed by atoms with Gasteiger partial charge in [-0.25, -0.2) is 9.97 Å². The molecule has 32 heavy (non-hydrogen) atoms. The molecule has 2 aliphatic heterocycles. The number of nitrogens with zero attached hydrogens (tertiary/aromatic N) is 5. The van der Waals surface area contributed by atoms with E-state index in [1.807, 2.05) is 30.6 Å². The summed E-state index contributed by atoms with van der Waals surface area (Å²) >= 11 is 0. The molecule has 8 nitrogen and oxygen atoms in total. The van der Waals surface area contributed by atoms with Gasteiger partial charge in [0.15, 0.2) is 0 Å². The molecule has 5 heterocycles. The number of likely N-dealkylation sites (tertiary alicyclic amines) is 1. The van der Waals surface area contributed by atoms with E-state index in [0.717, 1.165) is 80.1 Å². The van der Waals surface area contributed by atoms with Gasteiger partial charge in [0, 0.05) is 55.4 Å². The first-order valence-electron chi connectivity index (χ1n) is 11.4. The Bertz CT molecular complexity index is 1090. The number of H-pyrrole nitrogens is 1. The minimum Gasteiger partial charge on any atom is -0.354 e. The molecular weight excluding hydrogens is 402 g/mol. The van der Waals surface area contributed by atoms with E-state index < -0.39 is 0 Å². The van der Waals surface area contributed by atoms with Gasteiger partial charge in [-0.05, 0) is 69.9 Å². The largest absolute Gasteiger partial charge is 0.354 e. The minimum absolute atomic E-state index is 0.0627. The zero-order valence-corrected chi connectivity index (χ0v) is 18.8. The Morgan fingerprint density at radius 1 is 1.03 bits per heavy atom. The molecule has 1 amide bonds. The fraction of sp³-hybridized carbons (Fsp3) is 0.458. The molecular formula is C24H31N7O. The van der Waals surface area contributed by atoms with Crippen LogP contribution in [0, 0.1) is 5.92 Å². The molecule has 2 saturated heterocycles. The number of likely N-dealkylation sites (N-methyl/N-ethyl adjacent to an activating group) is 1. The van der Waals surface area contributed by atoms with Crippen LogP contribution in [-0.2, 0) is 4.79 Å². The van der Waals surface area contributed by atoms with Crippen LogP contribution < -0.4 is 10.2 Å². The standard InChI is InChI=1S/C24H31N7O/c1-29-9-6-17(7-10-29)24(32)28-21-4-3-19-20(16-26-23(19)27-21)18-5-8-25-22(15-18)31-13-11-30(2)12-14-31/h3-5,8,15-17H,6-7,9-14H2,1-2H3,(H2,26,27,28,32). The van der Waals surface area contributed by atoms with Gasteiger partial charge in [0.1, 0.15) is 17.3 Å². The van der Waals surface area contributed by atoms with E-state index in [-0.39, 0.29) is 11.8 Å². The molecule has 0 aliphatic carbocycles. The van der Waals surface area contributed by atoms with Crippen molar-refractivity contribution in [1.82, 2.24) is 24.8 Å². The molecule has 0 unspecified atom stereocenters. The summed E-state index contributed by atoms with van der Waals surface area (Å²) in [4.78, 5) is 32.1.